The number of ether oxygens (including phenoxy) is 3. The Hall–Kier alpha value is -1.62. The minimum absolute atomic E-state index is 0.132. The van der Waals surface area contributed by atoms with Gasteiger partial charge in [0.05, 0.1) is 12.7 Å². The molecule has 0 aliphatic rings. The van der Waals surface area contributed by atoms with E-state index in [2.05, 4.69) is 13.2 Å². The molecule has 2 atom stereocenters. The molecule has 0 rings (SSSR count). The van der Waals surface area contributed by atoms with E-state index in [4.69, 9.17) is 14.2 Å². The lowest BCUT2D eigenvalue weighted by molar-refractivity contribution is -0.149. The van der Waals surface area contributed by atoms with Crippen molar-refractivity contribution in [3.8, 4) is 0 Å². The summed E-state index contributed by atoms with van der Waals surface area (Å²) in [6.45, 7) is 14.0. The second-order valence-electron chi connectivity index (χ2n) is 4.52. The van der Waals surface area contributed by atoms with Crippen molar-refractivity contribution in [3.63, 3.8) is 0 Å². The molecule has 19 heavy (non-hydrogen) atoms. The van der Waals surface area contributed by atoms with Gasteiger partial charge in [0.1, 0.15) is 12.7 Å². The zero-order chi connectivity index (χ0) is 15.0. The molecule has 0 aliphatic heterocycles. The van der Waals surface area contributed by atoms with Gasteiger partial charge in [0.2, 0.25) is 0 Å². The van der Waals surface area contributed by atoms with Gasteiger partial charge in [0, 0.05) is 11.1 Å². The molecule has 0 saturated heterocycles. The van der Waals surface area contributed by atoms with Crippen LogP contribution in [0.3, 0.4) is 0 Å². The minimum Gasteiger partial charge on any atom is -0.460 e. The Kier molecular flexibility index (Phi) is 7.75. The van der Waals surface area contributed by atoms with Gasteiger partial charge < -0.3 is 14.2 Å². The first kappa shape index (κ1) is 17.4. The van der Waals surface area contributed by atoms with Gasteiger partial charge in [-0.3, -0.25) is 0 Å². The highest BCUT2D eigenvalue weighted by atomic mass is 16.6. The smallest absolute Gasteiger partial charge is 0.333 e. The van der Waals surface area contributed by atoms with Crippen molar-refractivity contribution in [2.24, 2.45) is 0 Å². The third kappa shape index (κ3) is 8.15. The molecule has 5 heteroatoms. The van der Waals surface area contributed by atoms with E-state index >= 15 is 0 Å². The predicted octanol–water partition coefficient (Wildman–Crippen LogP) is 2.02. The maximum atomic E-state index is 11.2. The number of hydrogen-bond acceptors (Lipinski definition) is 5. The second kappa shape index (κ2) is 8.48. The van der Waals surface area contributed by atoms with Crippen molar-refractivity contribution in [1.29, 1.82) is 0 Å². The first-order valence-electron chi connectivity index (χ1n) is 6.04. The monoisotopic (exact) mass is 270 g/mol. The largest absolute Gasteiger partial charge is 0.460 e. The molecule has 0 amide bonds. The Morgan fingerprint density at radius 3 is 1.95 bits per heavy atom. The van der Waals surface area contributed by atoms with E-state index in [0.29, 0.717) is 11.1 Å². The topological polar surface area (TPSA) is 61.8 Å². The molecule has 0 aromatic carbocycles. The molecule has 0 saturated carbocycles. The fourth-order valence-electron chi connectivity index (χ4n) is 0.981. The summed E-state index contributed by atoms with van der Waals surface area (Å²) in [5.74, 6) is -0.894. The molecule has 108 valence electrons. The average Bonchev–Trinajstić information content (AvgIpc) is 2.32. The average molecular weight is 270 g/mol. The van der Waals surface area contributed by atoms with Crippen molar-refractivity contribution in [3.05, 3.63) is 24.3 Å². The summed E-state index contributed by atoms with van der Waals surface area (Å²) in [6.07, 6.45) is -0.669. The van der Waals surface area contributed by atoms with Crippen LogP contribution in [0.1, 0.15) is 27.7 Å². The maximum absolute atomic E-state index is 11.2. The Balaban J connectivity index is 3.87. The standard InChI is InChI=1S/C14H22O5/c1-9(2)13(15)18-7-11(5)17-8-12(6)19-14(16)10(3)4/h11-12H,1,3,7-8H2,2,4-6H3. The van der Waals surface area contributed by atoms with Crippen LogP contribution in [-0.4, -0.2) is 37.4 Å². The normalized spacial score (nSPS) is 13.3. The molecule has 0 N–H and O–H groups in total. The number of carbonyl (C=O) groups is 2. The molecule has 5 nitrogen and oxygen atoms in total. The zero-order valence-electron chi connectivity index (χ0n) is 12.0. The van der Waals surface area contributed by atoms with Crippen LogP contribution in [0.25, 0.3) is 0 Å². The zero-order valence-corrected chi connectivity index (χ0v) is 12.0. The summed E-state index contributed by atoms with van der Waals surface area (Å²) in [7, 11) is 0. The molecule has 0 radical (unpaired) electrons. The molecule has 0 aromatic heterocycles. The fraction of sp³-hybridized carbons (Fsp3) is 0.571. The van der Waals surface area contributed by atoms with Gasteiger partial charge in [-0.2, -0.15) is 0 Å². The SMILES string of the molecule is C=C(C)C(=O)OCC(C)OCC(C)OC(=O)C(=C)C. The molecule has 0 heterocycles. The van der Waals surface area contributed by atoms with Crippen LogP contribution < -0.4 is 0 Å². The van der Waals surface area contributed by atoms with E-state index < -0.39 is 11.9 Å². The molecular formula is C14H22O5. The van der Waals surface area contributed by atoms with Crippen LogP contribution >= 0.6 is 0 Å². The minimum atomic E-state index is -0.447. The van der Waals surface area contributed by atoms with Gasteiger partial charge in [-0.25, -0.2) is 9.59 Å². The predicted molar refractivity (Wildman–Crippen MR) is 71.6 cm³/mol. The van der Waals surface area contributed by atoms with Crippen molar-refractivity contribution in [1.82, 2.24) is 0 Å². The summed E-state index contributed by atoms with van der Waals surface area (Å²) in [6, 6.07) is 0. The van der Waals surface area contributed by atoms with Crippen LogP contribution in [0.4, 0.5) is 0 Å². The summed E-state index contributed by atoms with van der Waals surface area (Å²) < 4.78 is 15.4. The number of esters is 2. The highest BCUT2D eigenvalue weighted by Crippen LogP contribution is 2.02. The molecule has 2 unspecified atom stereocenters. The van der Waals surface area contributed by atoms with E-state index in [1.165, 1.54) is 0 Å². The van der Waals surface area contributed by atoms with Crippen molar-refractivity contribution < 1.29 is 23.8 Å². The molecule has 0 fully saturated rings. The van der Waals surface area contributed by atoms with E-state index in [0.717, 1.165) is 0 Å². The Labute approximate surface area is 114 Å². The highest BCUT2D eigenvalue weighted by Gasteiger charge is 2.13. The number of hydrogen-bond donors (Lipinski definition) is 0. The van der Waals surface area contributed by atoms with E-state index in [9.17, 15) is 9.59 Å². The van der Waals surface area contributed by atoms with Crippen LogP contribution in [0.2, 0.25) is 0 Å². The Morgan fingerprint density at radius 2 is 1.47 bits per heavy atom. The van der Waals surface area contributed by atoms with E-state index in [-0.39, 0.29) is 25.4 Å². The first-order valence-corrected chi connectivity index (χ1v) is 6.04. The third-order valence-corrected chi connectivity index (χ3v) is 2.07. The Morgan fingerprint density at radius 1 is 0.947 bits per heavy atom. The molecule has 0 bridgehead atoms. The lowest BCUT2D eigenvalue weighted by atomic mass is 10.3. The van der Waals surface area contributed by atoms with Gasteiger partial charge in [0.25, 0.3) is 0 Å². The summed E-state index contributed by atoms with van der Waals surface area (Å²) >= 11 is 0. The maximum Gasteiger partial charge on any atom is 0.333 e. The van der Waals surface area contributed by atoms with Gasteiger partial charge in [-0.15, -0.1) is 0 Å². The Bertz CT molecular complexity index is 359. The van der Waals surface area contributed by atoms with Crippen molar-refractivity contribution in [2.75, 3.05) is 13.2 Å². The van der Waals surface area contributed by atoms with E-state index in [1.807, 2.05) is 0 Å². The summed E-state index contributed by atoms with van der Waals surface area (Å²) in [5.41, 5.74) is 0.686. The van der Waals surface area contributed by atoms with E-state index in [1.54, 1.807) is 27.7 Å². The number of rotatable bonds is 8. The lowest BCUT2D eigenvalue weighted by Crippen LogP contribution is -2.26. The highest BCUT2D eigenvalue weighted by molar-refractivity contribution is 5.87. The van der Waals surface area contributed by atoms with Crippen LogP contribution in [0.5, 0.6) is 0 Å². The van der Waals surface area contributed by atoms with Gasteiger partial charge in [-0.05, 0) is 27.7 Å². The second-order valence-corrected chi connectivity index (χ2v) is 4.52. The van der Waals surface area contributed by atoms with Gasteiger partial charge >= 0.3 is 11.9 Å². The summed E-state index contributed by atoms with van der Waals surface area (Å²) in [5, 5.41) is 0. The van der Waals surface area contributed by atoms with Crippen molar-refractivity contribution >= 4 is 11.9 Å². The van der Waals surface area contributed by atoms with Crippen LogP contribution in [0, 0.1) is 0 Å². The molecule has 0 aliphatic carbocycles. The molecule has 0 aromatic rings. The fourth-order valence-corrected chi connectivity index (χ4v) is 0.981. The molecular weight excluding hydrogens is 248 g/mol. The molecule has 0 spiro atoms. The van der Waals surface area contributed by atoms with Crippen LogP contribution in [-0.2, 0) is 23.8 Å². The van der Waals surface area contributed by atoms with Gasteiger partial charge in [0.15, 0.2) is 0 Å². The summed E-state index contributed by atoms with van der Waals surface area (Å²) in [4.78, 5) is 22.4. The lowest BCUT2D eigenvalue weighted by Gasteiger charge is -2.17. The first-order chi connectivity index (χ1) is 8.73. The van der Waals surface area contributed by atoms with Crippen molar-refractivity contribution in [2.45, 2.75) is 39.9 Å². The third-order valence-electron chi connectivity index (χ3n) is 2.07. The quantitative estimate of drug-likeness (QED) is 0.499. The van der Waals surface area contributed by atoms with Gasteiger partial charge in [-0.1, -0.05) is 13.2 Å². The van der Waals surface area contributed by atoms with Crippen LogP contribution in [0.15, 0.2) is 24.3 Å². The number of carbonyl (C=O) groups excluding carboxylic acids is 2.